The van der Waals surface area contributed by atoms with Crippen LogP contribution in [0.5, 0.6) is 0 Å². The summed E-state index contributed by atoms with van der Waals surface area (Å²) in [4.78, 5) is 7.98. The molecule has 0 radical (unpaired) electrons. The Hall–Kier alpha value is -2.58. The maximum atomic E-state index is 12.5. The molecule has 0 saturated heterocycles. The number of fused-ring (bicyclic) bond motifs is 1. The van der Waals surface area contributed by atoms with Gasteiger partial charge in [-0.25, -0.2) is 14.6 Å². The van der Waals surface area contributed by atoms with E-state index in [-0.39, 0.29) is 11.6 Å². The molecule has 3 rings (SSSR count). The fourth-order valence-corrected chi connectivity index (χ4v) is 1.68. The fraction of sp³-hybridized carbons (Fsp3) is 0.100. The molecule has 0 spiro atoms. The minimum atomic E-state index is -4.50. The largest absolute Gasteiger partial charge is 0.435 e. The van der Waals surface area contributed by atoms with Gasteiger partial charge in [-0.3, -0.25) is 0 Å². The molecule has 19 heavy (non-hydrogen) atoms. The first-order chi connectivity index (χ1) is 8.95. The van der Waals surface area contributed by atoms with E-state index in [4.69, 9.17) is 5.73 Å². The molecule has 3 aromatic heterocycles. The quantitative estimate of drug-likeness (QED) is 0.726. The molecule has 0 unspecified atom stereocenters. The summed E-state index contributed by atoms with van der Waals surface area (Å²) in [5.41, 5.74) is 4.96. The van der Waals surface area contributed by atoms with E-state index < -0.39 is 11.9 Å². The van der Waals surface area contributed by atoms with E-state index in [1.165, 1.54) is 18.6 Å². The number of hydrogen-bond acceptors (Lipinski definition) is 4. The smallest absolute Gasteiger partial charge is 0.382 e. The maximum absolute atomic E-state index is 12.5. The van der Waals surface area contributed by atoms with Gasteiger partial charge in [-0.15, -0.1) is 0 Å². The number of hydrogen-bond donors (Lipinski definition) is 1. The molecule has 3 aromatic rings. The van der Waals surface area contributed by atoms with E-state index in [0.29, 0.717) is 5.65 Å². The minimum absolute atomic E-state index is 0.139. The van der Waals surface area contributed by atoms with Crippen molar-refractivity contribution in [1.29, 1.82) is 0 Å². The molecule has 98 valence electrons. The summed E-state index contributed by atoms with van der Waals surface area (Å²) in [6.07, 6.45) is 1.29. The van der Waals surface area contributed by atoms with Crippen molar-refractivity contribution in [3.63, 3.8) is 0 Å². The highest BCUT2D eigenvalue weighted by molar-refractivity contribution is 5.56. The van der Waals surface area contributed by atoms with Gasteiger partial charge in [-0.2, -0.15) is 18.3 Å². The van der Waals surface area contributed by atoms with Crippen LogP contribution in [0, 0.1) is 0 Å². The van der Waals surface area contributed by atoms with Crippen LogP contribution in [0.4, 0.5) is 19.0 Å². The Bertz CT molecular complexity index is 741. The summed E-state index contributed by atoms with van der Waals surface area (Å²) in [7, 11) is 0. The van der Waals surface area contributed by atoms with E-state index in [1.54, 1.807) is 10.6 Å². The molecule has 0 amide bonds. The van der Waals surface area contributed by atoms with Crippen molar-refractivity contribution in [2.75, 3.05) is 5.73 Å². The molecule has 2 N–H and O–H groups in total. The van der Waals surface area contributed by atoms with Gasteiger partial charge in [0.25, 0.3) is 0 Å². The van der Waals surface area contributed by atoms with Crippen LogP contribution >= 0.6 is 0 Å². The Morgan fingerprint density at radius 2 is 2.00 bits per heavy atom. The highest BCUT2D eigenvalue weighted by Crippen LogP contribution is 2.28. The number of alkyl halides is 3. The van der Waals surface area contributed by atoms with Crippen molar-refractivity contribution in [2.45, 2.75) is 6.18 Å². The number of nitrogens with two attached hydrogens (primary N) is 1. The predicted molar refractivity (Wildman–Crippen MR) is 59.5 cm³/mol. The van der Waals surface area contributed by atoms with Gasteiger partial charge in [0.05, 0.1) is 6.20 Å². The lowest BCUT2D eigenvalue weighted by atomic mass is 10.4. The monoisotopic (exact) mass is 268 g/mol. The van der Waals surface area contributed by atoms with Gasteiger partial charge in [0.15, 0.2) is 17.2 Å². The van der Waals surface area contributed by atoms with Crippen LogP contribution in [-0.4, -0.2) is 24.1 Å². The summed E-state index contributed by atoms with van der Waals surface area (Å²) >= 11 is 0. The SMILES string of the molecule is Nc1cn2ccnc2c(-n2ccc(C(F)(F)F)n2)n1. The van der Waals surface area contributed by atoms with Crippen LogP contribution in [-0.2, 0) is 6.18 Å². The number of rotatable bonds is 1. The summed E-state index contributed by atoms with van der Waals surface area (Å²) in [5.74, 6) is 0.296. The van der Waals surface area contributed by atoms with E-state index >= 15 is 0 Å². The summed E-state index contributed by atoms with van der Waals surface area (Å²) in [6.45, 7) is 0. The van der Waals surface area contributed by atoms with Crippen molar-refractivity contribution in [2.24, 2.45) is 0 Å². The lowest BCUT2D eigenvalue weighted by Crippen LogP contribution is -2.09. The lowest BCUT2D eigenvalue weighted by molar-refractivity contribution is -0.141. The number of aromatic nitrogens is 5. The average Bonchev–Trinajstić information content (AvgIpc) is 2.94. The van der Waals surface area contributed by atoms with Gasteiger partial charge in [-0.1, -0.05) is 0 Å². The third-order valence-corrected chi connectivity index (χ3v) is 2.47. The highest BCUT2D eigenvalue weighted by atomic mass is 19.4. The van der Waals surface area contributed by atoms with Crippen LogP contribution in [0.2, 0.25) is 0 Å². The van der Waals surface area contributed by atoms with Crippen LogP contribution in [0.1, 0.15) is 5.69 Å². The molecule has 0 fully saturated rings. The van der Waals surface area contributed by atoms with Gasteiger partial charge in [0.2, 0.25) is 0 Å². The van der Waals surface area contributed by atoms with Crippen molar-refractivity contribution in [1.82, 2.24) is 24.1 Å². The number of nitrogen functional groups attached to an aromatic ring is 1. The fourth-order valence-electron chi connectivity index (χ4n) is 1.68. The van der Waals surface area contributed by atoms with E-state index in [9.17, 15) is 13.2 Å². The molecule has 9 heteroatoms. The molecule has 0 saturated carbocycles. The van der Waals surface area contributed by atoms with Crippen molar-refractivity contribution in [3.05, 3.63) is 36.5 Å². The van der Waals surface area contributed by atoms with Crippen LogP contribution in [0.25, 0.3) is 11.5 Å². The second-order valence-electron chi connectivity index (χ2n) is 3.79. The Morgan fingerprint density at radius 3 is 2.68 bits per heavy atom. The summed E-state index contributed by atoms with van der Waals surface area (Å²) in [5, 5.41) is 3.44. The molecular formula is C10H7F3N6. The van der Waals surface area contributed by atoms with Crippen LogP contribution in [0.15, 0.2) is 30.9 Å². The van der Waals surface area contributed by atoms with Crippen LogP contribution in [0.3, 0.4) is 0 Å². The molecule has 0 atom stereocenters. The minimum Gasteiger partial charge on any atom is -0.382 e. The first-order valence-corrected chi connectivity index (χ1v) is 5.17. The van der Waals surface area contributed by atoms with Crippen molar-refractivity contribution in [3.8, 4) is 5.82 Å². The van der Waals surface area contributed by atoms with E-state index in [1.807, 2.05) is 0 Å². The molecule has 0 aliphatic carbocycles. The Labute approximate surface area is 104 Å². The van der Waals surface area contributed by atoms with Gasteiger partial charge < -0.3 is 10.1 Å². The first-order valence-electron chi connectivity index (χ1n) is 5.17. The lowest BCUT2D eigenvalue weighted by Gasteiger charge is -2.05. The van der Waals surface area contributed by atoms with E-state index in [2.05, 4.69) is 15.1 Å². The van der Waals surface area contributed by atoms with Crippen LogP contribution < -0.4 is 5.73 Å². The second kappa shape index (κ2) is 3.70. The second-order valence-corrected chi connectivity index (χ2v) is 3.79. The summed E-state index contributed by atoms with van der Waals surface area (Å²) in [6, 6.07) is 0.865. The molecule has 0 aliphatic rings. The molecule has 3 heterocycles. The number of anilines is 1. The Balaban J connectivity index is 2.19. The van der Waals surface area contributed by atoms with Crippen molar-refractivity contribution < 1.29 is 13.2 Å². The zero-order chi connectivity index (χ0) is 13.6. The topological polar surface area (TPSA) is 74.0 Å². The molecule has 0 aliphatic heterocycles. The predicted octanol–water partition coefficient (Wildman–Crippen LogP) is 1.52. The normalized spacial score (nSPS) is 12.2. The molecule has 6 nitrogen and oxygen atoms in total. The Kier molecular flexibility index (Phi) is 2.24. The van der Waals surface area contributed by atoms with Crippen molar-refractivity contribution >= 4 is 11.5 Å². The average molecular weight is 268 g/mol. The molecular weight excluding hydrogens is 261 g/mol. The molecule has 0 aromatic carbocycles. The molecule has 0 bridgehead atoms. The van der Waals surface area contributed by atoms with Gasteiger partial charge in [0, 0.05) is 18.6 Å². The van der Waals surface area contributed by atoms with E-state index in [0.717, 1.165) is 10.7 Å². The van der Waals surface area contributed by atoms with Gasteiger partial charge in [0.1, 0.15) is 5.82 Å². The number of imidazole rings is 1. The Morgan fingerprint density at radius 1 is 1.21 bits per heavy atom. The maximum Gasteiger partial charge on any atom is 0.435 e. The van der Waals surface area contributed by atoms with Gasteiger partial charge >= 0.3 is 6.18 Å². The standard InChI is InChI=1S/C10H7F3N6/c11-10(12,13)6-1-3-19(17-6)9-8-15-2-4-18(8)5-7(14)16-9/h1-5H,14H2. The third kappa shape index (κ3) is 1.88. The summed E-state index contributed by atoms with van der Waals surface area (Å²) < 4.78 is 40.1. The zero-order valence-corrected chi connectivity index (χ0v) is 9.33. The highest BCUT2D eigenvalue weighted by Gasteiger charge is 2.33. The third-order valence-electron chi connectivity index (χ3n) is 2.47. The number of halogens is 3. The first kappa shape index (κ1) is 11.5. The number of nitrogens with zero attached hydrogens (tertiary/aromatic N) is 5. The zero-order valence-electron chi connectivity index (χ0n) is 9.33. The van der Waals surface area contributed by atoms with Gasteiger partial charge in [-0.05, 0) is 6.07 Å².